The van der Waals surface area contributed by atoms with Gasteiger partial charge < -0.3 is 19.7 Å². The summed E-state index contributed by atoms with van der Waals surface area (Å²) in [6.07, 6.45) is 0.941. The SMILES string of the molecule is COc1cc(Br)c(CCCC(=O)O)c(O)c1OC. The fraction of sp³-hybridized carbons (Fsp3) is 0.417. The molecule has 1 aromatic carbocycles. The molecule has 0 atom stereocenters. The molecule has 0 aliphatic heterocycles. The van der Waals surface area contributed by atoms with E-state index in [1.165, 1.54) is 14.2 Å². The number of carboxylic acid groups (broad SMARTS) is 1. The second-order valence-electron chi connectivity index (χ2n) is 3.67. The van der Waals surface area contributed by atoms with Gasteiger partial charge in [-0.15, -0.1) is 0 Å². The number of phenols is 1. The maximum atomic E-state index is 10.5. The van der Waals surface area contributed by atoms with Crippen LogP contribution in [0.25, 0.3) is 0 Å². The first-order valence-corrected chi connectivity index (χ1v) is 6.14. The van der Waals surface area contributed by atoms with Crippen LogP contribution in [0.4, 0.5) is 0 Å². The van der Waals surface area contributed by atoms with Crippen molar-refractivity contribution in [1.82, 2.24) is 0 Å². The molecular weight excluding hydrogens is 304 g/mol. The quantitative estimate of drug-likeness (QED) is 0.843. The Morgan fingerprint density at radius 1 is 1.39 bits per heavy atom. The van der Waals surface area contributed by atoms with Crippen molar-refractivity contribution in [1.29, 1.82) is 0 Å². The lowest BCUT2D eigenvalue weighted by atomic mass is 10.1. The Morgan fingerprint density at radius 3 is 2.56 bits per heavy atom. The fourth-order valence-corrected chi connectivity index (χ4v) is 2.23. The van der Waals surface area contributed by atoms with Gasteiger partial charge in [-0.05, 0) is 18.9 Å². The van der Waals surface area contributed by atoms with Crippen LogP contribution in [0.1, 0.15) is 18.4 Å². The van der Waals surface area contributed by atoms with Crippen LogP contribution < -0.4 is 9.47 Å². The molecule has 0 amide bonds. The van der Waals surface area contributed by atoms with Gasteiger partial charge in [0.25, 0.3) is 0 Å². The van der Waals surface area contributed by atoms with Crippen LogP contribution in [0, 0.1) is 0 Å². The predicted molar refractivity (Wildman–Crippen MR) is 69.5 cm³/mol. The molecular formula is C12H15BrO5. The van der Waals surface area contributed by atoms with Crippen molar-refractivity contribution in [2.75, 3.05) is 14.2 Å². The maximum Gasteiger partial charge on any atom is 0.303 e. The van der Waals surface area contributed by atoms with Crippen LogP contribution in [0.3, 0.4) is 0 Å². The third-order valence-corrected chi connectivity index (χ3v) is 3.22. The van der Waals surface area contributed by atoms with E-state index in [9.17, 15) is 9.90 Å². The largest absolute Gasteiger partial charge is 0.504 e. The van der Waals surface area contributed by atoms with E-state index >= 15 is 0 Å². The number of rotatable bonds is 6. The molecule has 1 rings (SSSR count). The third-order valence-electron chi connectivity index (χ3n) is 2.51. The standard InChI is InChI=1S/C12H15BrO5/c1-17-9-6-8(13)7(4-3-5-10(14)15)11(16)12(9)18-2/h6,16H,3-5H2,1-2H3,(H,14,15). The van der Waals surface area contributed by atoms with E-state index in [0.717, 1.165) is 0 Å². The molecule has 1 aromatic rings. The van der Waals surface area contributed by atoms with Crippen LogP contribution in [-0.4, -0.2) is 30.4 Å². The molecule has 0 aliphatic carbocycles. The summed E-state index contributed by atoms with van der Waals surface area (Å²) in [5, 5.41) is 18.7. The Labute approximate surface area is 113 Å². The van der Waals surface area contributed by atoms with Crippen molar-refractivity contribution in [3.8, 4) is 17.2 Å². The highest BCUT2D eigenvalue weighted by molar-refractivity contribution is 9.10. The minimum Gasteiger partial charge on any atom is -0.504 e. The zero-order chi connectivity index (χ0) is 13.7. The van der Waals surface area contributed by atoms with Crippen LogP contribution in [-0.2, 0) is 11.2 Å². The first-order chi connectivity index (χ1) is 8.51. The number of ether oxygens (including phenoxy) is 2. The van der Waals surface area contributed by atoms with Crippen LogP contribution >= 0.6 is 15.9 Å². The van der Waals surface area contributed by atoms with Crippen molar-refractivity contribution in [3.63, 3.8) is 0 Å². The summed E-state index contributed by atoms with van der Waals surface area (Å²) in [4.78, 5) is 10.5. The number of halogens is 1. The predicted octanol–water partition coefficient (Wildman–Crippen LogP) is 2.58. The van der Waals surface area contributed by atoms with Crippen molar-refractivity contribution >= 4 is 21.9 Å². The molecule has 0 aromatic heterocycles. The summed E-state index contributed by atoms with van der Waals surface area (Å²) in [7, 11) is 2.92. The van der Waals surface area contributed by atoms with E-state index in [2.05, 4.69) is 15.9 Å². The monoisotopic (exact) mass is 318 g/mol. The molecule has 0 spiro atoms. The number of hydrogen-bond donors (Lipinski definition) is 2. The minimum absolute atomic E-state index is 0.0193. The van der Waals surface area contributed by atoms with E-state index in [1.807, 2.05) is 0 Å². The molecule has 0 radical (unpaired) electrons. The summed E-state index contributed by atoms with van der Waals surface area (Å²) >= 11 is 3.33. The lowest BCUT2D eigenvalue weighted by Gasteiger charge is -2.14. The average molecular weight is 319 g/mol. The molecule has 100 valence electrons. The number of hydrogen-bond acceptors (Lipinski definition) is 4. The lowest BCUT2D eigenvalue weighted by molar-refractivity contribution is -0.137. The van der Waals surface area contributed by atoms with Crippen LogP contribution in [0.15, 0.2) is 10.5 Å². The Balaban J connectivity index is 3.00. The molecule has 18 heavy (non-hydrogen) atoms. The second kappa shape index (κ2) is 6.49. The van der Waals surface area contributed by atoms with E-state index in [1.54, 1.807) is 6.07 Å². The van der Waals surface area contributed by atoms with Crippen LogP contribution in [0.2, 0.25) is 0 Å². The highest BCUT2D eigenvalue weighted by Gasteiger charge is 2.17. The normalized spacial score (nSPS) is 10.2. The minimum atomic E-state index is -0.855. The molecule has 6 heteroatoms. The summed E-state index contributed by atoms with van der Waals surface area (Å²) in [5.74, 6) is -0.199. The van der Waals surface area contributed by atoms with Gasteiger partial charge in [0.15, 0.2) is 11.5 Å². The number of aliphatic carboxylic acids is 1. The Kier molecular flexibility index (Phi) is 5.27. The number of carboxylic acids is 1. The highest BCUT2D eigenvalue weighted by Crippen LogP contribution is 2.43. The van der Waals surface area contributed by atoms with Gasteiger partial charge in [0.1, 0.15) is 0 Å². The van der Waals surface area contributed by atoms with Gasteiger partial charge in [0, 0.05) is 16.5 Å². The number of carbonyl (C=O) groups is 1. The van der Waals surface area contributed by atoms with Gasteiger partial charge in [-0.1, -0.05) is 15.9 Å². The van der Waals surface area contributed by atoms with Gasteiger partial charge in [-0.2, -0.15) is 0 Å². The maximum absolute atomic E-state index is 10.5. The molecule has 2 N–H and O–H groups in total. The second-order valence-corrected chi connectivity index (χ2v) is 4.52. The zero-order valence-corrected chi connectivity index (χ0v) is 11.8. The highest BCUT2D eigenvalue weighted by atomic mass is 79.9. The first kappa shape index (κ1) is 14.6. The van der Waals surface area contributed by atoms with E-state index in [-0.39, 0.29) is 17.9 Å². The third kappa shape index (κ3) is 3.29. The van der Waals surface area contributed by atoms with Crippen molar-refractivity contribution < 1.29 is 24.5 Å². The van der Waals surface area contributed by atoms with Gasteiger partial charge >= 0.3 is 5.97 Å². The summed E-state index contributed by atoms with van der Waals surface area (Å²) < 4.78 is 10.8. The van der Waals surface area contributed by atoms with E-state index < -0.39 is 5.97 Å². The number of methoxy groups -OCH3 is 2. The smallest absolute Gasteiger partial charge is 0.303 e. The summed E-state index contributed by atoms with van der Waals surface area (Å²) in [6.45, 7) is 0. The van der Waals surface area contributed by atoms with E-state index in [0.29, 0.717) is 28.6 Å². The van der Waals surface area contributed by atoms with Crippen LogP contribution in [0.5, 0.6) is 17.2 Å². The van der Waals surface area contributed by atoms with Gasteiger partial charge in [-0.25, -0.2) is 0 Å². The summed E-state index contributed by atoms with van der Waals surface area (Å²) in [5.41, 5.74) is 0.619. The summed E-state index contributed by atoms with van der Waals surface area (Å²) in [6, 6.07) is 1.69. The topological polar surface area (TPSA) is 76.0 Å². The molecule has 0 heterocycles. The number of phenolic OH excluding ortho intramolecular Hbond substituents is 1. The molecule has 0 saturated carbocycles. The van der Waals surface area contributed by atoms with Gasteiger partial charge in [0.05, 0.1) is 14.2 Å². The van der Waals surface area contributed by atoms with Crippen molar-refractivity contribution in [3.05, 3.63) is 16.1 Å². The molecule has 0 bridgehead atoms. The number of benzene rings is 1. The van der Waals surface area contributed by atoms with Crippen molar-refractivity contribution in [2.24, 2.45) is 0 Å². The zero-order valence-electron chi connectivity index (χ0n) is 10.2. The molecule has 5 nitrogen and oxygen atoms in total. The number of aromatic hydroxyl groups is 1. The lowest BCUT2D eigenvalue weighted by Crippen LogP contribution is -1.99. The average Bonchev–Trinajstić information content (AvgIpc) is 2.32. The van der Waals surface area contributed by atoms with E-state index in [4.69, 9.17) is 14.6 Å². The molecule has 0 aliphatic rings. The van der Waals surface area contributed by atoms with Gasteiger partial charge in [0.2, 0.25) is 5.75 Å². The molecule has 0 fully saturated rings. The molecule has 0 unspecified atom stereocenters. The van der Waals surface area contributed by atoms with Crippen molar-refractivity contribution in [2.45, 2.75) is 19.3 Å². The Hall–Kier alpha value is -1.43. The first-order valence-electron chi connectivity index (χ1n) is 5.35. The van der Waals surface area contributed by atoms with Gasteiger partial charge in [-0.3, -0.25) is 4.79 Å². The Bertz CT molecular complexity index is 445. The Morgan fingerprint density at radius 2 is 2.06 bits per heavy atom. The molecule has 0 saturated heterocycles. The fourth-order valence-electron chi connectivity index (χ4n) is 1.64.